The van der Waals surface area contributed by atoms with Gasteiger partial charge >= 0.3 is 0 Å². The lowest BCUT2D eigenvalue weighted by Gasteiger charge is -2.07. The zero-order valence-corrected chi connectivity index (χ0v) is 14.4. The van der Waals surface area contributed by atoms with Crippen LogP contribution in [0.4, 0.5) is 0 Å². The third kappa shape index (κ3) is 1.79. The predicted octanol–water partition coefficient (Wildman–Crippen LogP) is 5.86. The molecule has 0 atom stereocenters. The Bertz CT molecular complexity index is 1070. The minimum Gasteiger partial charge on any atom is -0.339 e. The lowest BCUT2D eigenvalue weighted by molar-refractivity contribution is 0.614. The maximum absolute atomic E-state index is 2.56. The summed E-state index contributed by atoms with van der Waals surface area (Å²) in [6.45, 7) is 6.71. The molecule has 2 nitrogen and oxygen atoms in total. The molecule has 4 aromatic rings. The average Bonchev–Trinajstić information content (AvgIpc) is 2.96. The predicted molar refractivity (Wildman–Crippen MR) is 99.5 cm³/mol. The van der Waals surface area contributed by atoms with Gasteiger partial charge in [0.25, 0.3) is 0 Å². The van der Waals surface area contributed by atoms with Crippen LogP contribution >= 0.6 is 8.19 Å². The number of para-hydroxylation sites is 1. The molecule has 23 heavy (non-hydrogen) atoms. The second-order valence-electron chi connectivity index (χ2n) is 6.58. The van der Waals surface area contributed by atoms with E-state index in [2.05, 4.69) is 65.4 Å². The molecular weight excluding hydrogens is 299 g/mol. The first-order valence-corrected chi connectivity index (χ1v) is 9.18. The van der Waals surface area contributed by atoms with Crippen molar-refractivity contribution < 1.29 is 0 Å². The molecule has 2 aromatic carbocycles. The van der Waals surface area contributed by atoms with Crippen LogP contribution < -0.4 is 0 Å². The van der Waals surface area contributed by atoms with E-state index in [-0.39, 0.29) is 0 Å². The Morgan fingerprint density at radius 1 is 0.913 bits per heavy atom. The summed E-state index contributed by atoms with van der Waals surface area (Å²) in [5.74, 6) is 0. The summed E-state index contributed by atoms with van der Waals surface area (Å²) >= 11 is 0. The van der Waals surface area contributed by atoms with Crippen molar-refractivity contribution in [3.05, 3.63) is 53.6 Å². The van der Waals surface area contributed by atoms with E-state index >= 15 is 0 Å². The van der Waals surface area contributed by atoms with Crippen LogP contribution in [0.1, 0.15) is 17.5 Å². The molecule has 114 valence electrons. The number of fused-ring (bicyclic) bond motifs is 7. The van der Waals surface area contributed by atoms with Gasteiger partial charge in [0.05, 0.1) is 16.6 Å². The summed E-state index contributed by atoms with van der Waals surface area (Å²) in [6, 6.07) is 15.7. The van der Waals surface area contributed by atoms with Crippen molar-refractivity contribution in [2.45, 2.75) is 33.4 Å². The quantitative estimate of drug-likeness (QED) is 0.384. The highest BCUT2D eigenvalue weighted by Gasteiger charge is 2.22. The first-order chi connectivity index (χ1) is 11.2. The standard InChI is InChI=1S/C20H19N2P/c1-13-8-9-15-14(2)19-20-22(11-5-10-21(19)17(15)12-13)16-6-3-4-7-18(16)23-20/h3-4,6-9,12H,5,10-11H2,1-2H3. The van der Waals surface area contributed by atoms with Crippen LogP contribution in [0.3, 0.4) is 0 Å². The normalized spacial score (nSPS) is 14.3. The average molecular weight is 318 g/mol. The van der Waals surface area contributed by atoms with Crippen molar-refractivity contribution in [3.63, 3.8) is 0 Å². The maximum Gasteiger partial charge on any atom is 0.0937 e. The summed E-state index contributed by atoms with van der Waals surface area (Å²) in [5.41, 5.74) is 8.49. The number of aryl methyl sites for hydroxylation is 4. The highest BCUT2D eigenvalue weighted by atomic mass is 31.0. The summed E-state index contributed by atoms with van der Waals surface area (Å²) < 4.78 is 5.11. The molecule has 0 aliphatic carbocycles. The Labute approximate surface area is 137 Å². The molecule has 3 heteroatoms. The van der Waals surface area contributed by atoms with Gasteiger partial charge in [-0.25, -0.2) is 0 Å². The van der Waals surface area contributed by atoms with Gasteiger partial charge in [0.1, 0.15) is 0 Å². The Balaban J connectivity index is 1.93. The van der Waals surface area contributed by atoms with Crippen molar-refractivity contribution in [2.24, 2.45) is 0 Å². The number of benzene rings is 2. The van der Waals surface area contributed by atoms with Gasteiger partial charge in [0, 0.05) is 29.1 Å². The number of hydrogen-bond donors (Lipinski definition) is 0. The molecule has 0 bridgehead atoms. The van der Waals surface area contributed by atoms with Gasteiger partial charge in [0.2, 0.25) is 0 Å². The smallest absolute Gasteiger partial charge is 0.0937 e. The van der Waals surface area contributed by atoms with Crippen molar-refractivity contribution in [1.29, 1.82) is 0 Å². The van der Waals surface area contributed by atoms with E-state index in [1.54, 1.807) is 0 Å². The number of aromatic nitrogens is 2. The lowest BCUT2D eigenvalue weighted by atomic mass is 10.1. The van der Waals surface area contributed by atoms with E-state index in [1.807, 2.05) is 0 Å². The molecular formula is C20H19N2P. The minimum absolute atomic E-state index is 1.11. The van der Waals surface area contributed by atoms with E-state index in [9.17, 15) is 0 Å². The highest BCUT2D eigenvalue weighted by molar-refractivity contribution is 7.40. The second-order valence-corrected chi connectivity index (χ2v) is 7.70. The number of rotatable bonds is 0. The maximum atomic E-state index is 2.56. The zero-order chi connectivity index (χ0) is 15.6. The largest absolute Gasteiger partial charge is 0.339 e. The van der Waals surface area contributed by atoms with E-state index in [4.69, 9.17) is 0 Å². The van der Waals surface area contributed by atoms with E-state index in [0.29, 0.717) is 0 Å². The third-order valence-corrected chi connectivity index (χ3v) is 6.39. The second kappa shape index (κ2) is 4.72. The molecule has 0 fully saturated rings. The van der Waals surface area contributed by atoms with Crippen LogP contribution in [-0.2, 0) is 13.1 Å². The zero-order valence-electron chi connectivity index (χ0n) is 13.5. The molecule has 0 saturated heterocycles. The summed E-state index contributed by atoms with van der Waals surface area (Å²) in [5, 5.41) is 2.85. The minimum atomic E-state index is 1.11. The summed E-state index contributed by atoms with van der Waals surface area (Å²) in [7, 11) is 1.35. The van der Waals surface area contributed by atoms with Gasteiger partial charge in [-0.05, 0) is 57.8 Å². The van der Waals surface area contributed by atoms with Crippen LogP contribution in [0.15, 0.2) is 42.5 Å². The fourth-order valence-electron chi connectivity index (χ4n) is 4.02. The van der Waals surface area contributed by atoms with E-state index in [1.165, 1.54) is 58.4 Å². The molecule has 1 aliphatic heterocycles. The molecule has 0 amide bonds. The fraction of sp³-hybridized carbons (Fsp3) is 0.250. The number of nitrogens with zero attached hydrogens (tertiary/aromatic N) is 2. The first kappa shape index (κ1) is 13.4. The van der Waals surface area contributed by atoms with Crippen LogP contribution in [0.25, 0.3) is 32.7 Å². The summed E-state index contributed by atoms with van der Waals surface area (Å²) in [4.78, 5) is 0. The molecule has 1 aliphatic rings. The topological polar surface area (TPSA) is 9.86 Å². The Morgan fingerprint density at radius 2 is 1.74 bits per heavy atom. The Morgan fingerprint density at radius 3 is 2.65 bits per heavy atom. The van der Waals surface area contributed by atoms with E-state index < -0.39 is 0 Å². The Kier molecular flexibility index (Phi) is 2.75. The first-order valence-electron chi connectivity index (χ1n) is 8.29. The van der Waals surface area contributed by atoms with Gasteiger partial charge in [-0.1, -0.05) is 24.3 Å². The van der Waals surface area contributed by atoms with Crippen LogP contribution in [0, 0.1) is 13.8 Å². The molecule has 0 spiro atoms. The van der Waals surface area contributed by atoms with E-state index in [0.717, 1.165) is 13.1 Å². The van der Waals surface area contributed by atoms with Crippen LogP contribution in [0.2, 0.25) is 0 Å². The monoisotopic (exact) mass is 318 g/mol. The van der Waals surface area contributed by atoms with Crippen molar-refractivity contribution in [2.75, 3.05) is 0 Å². The van der Waals surface area contributed by atoms with Crippen molar-refractivity contribution in [1.82, 2.24) is 9.13 Å². The van der Waals surface area contributed by atoms with Gasteiger partial charge in [-0.3, -0.25) is 0 Å². The molecule has 0 N–H and O–H groups in total. The highest BCUT2D eigenvalue weighted by Crippen LogP contribution is 2.44. The van der Waals surface area contributed by atoms with Crippen LogP contribution in [-0.4, -0.2) is 9.13 Å². The van der Waals surface area contributed by atoms with Crippen LogP contribution in [0.5, 0.6) is 0 Å². The Hall–Kier alpha value is -2.05. The molecule has 0 unspecified atom stereocenters. The molecule has 0 radical (unpaired) electrons. The van der Waals surface area contributed by atoms with Gasteiger partial charge < -0.3 is 9.13 Å². The van der Waals surface area contributed by atoms with Gasteiger partial charge in [-0.2, -0.15) is 0 Å². The van der Waals surface area contributed by atoms with Gasteiger partial charge in [-0.15, -0.1) is 0 Å². The van der Waals surface area contributed by atoms with Crippen molar-refractivity contribution >= 4 is 29.7 Å². The third-order valence-electron chi connectivity index (χ3n) is 5.10. The summed E-state index contributed by atoms with van der Waals surface area (Å²) in [6.07, 6.45) is 1.19. The fourth-order valence-corrected chi connectivity index (χ4v) is 5.44. The molecule has 2 aromatic heterocycles. The SMILES string of the molecule is Cc1ccc2c(C)c3n(c2c1)CCCn1c-3pc2ccccc21. The number of hydrogen-bond acceptors (Lipinski definition) is 0. The lowest BCUT2D eigenvalue weighted by Crippen LogP contribution is -1.98. The molecule has 3 heterocycles. The molecule has 5 rings (SSSR count). The van der Waals surface area contributed by atoms with Gasteiger partial charge in [0.15, 0.2) is 0 Å². The molecule has 0 saturated carbocycles. The van der Waals surface area contributed by atoms with Crippen molar-refractivity contribution in [3.8, 4) is 11.1 Å².